The molecule has 0 atom stereocenters. The normalized spacial score (nSPS) is 16.3. The molecular formula is C22H22N2O3. The molecule has 1 saturated heterocycles. The van der Waals surface area contributed by atoms with Gasteiger partial charge in [-0.15, -0.1) is 0 Å². The summed E-state index contributed by atoms with van der Waals surface area (Å²) in [4.78, 5) is 38.4. The second-order valence-electron chi connectivity index (χ2n) is 7.05. The number of benzene rings is 2. The first-order valence-electron chi connectivity index (χ1n) is 8.86. The van der Waals surface area contributed by atoms with Gasteiger partial charge in [0.2, 0.25) is 0 Å². The van der Waals surface area contributed by atoms with E-state index in [1.807, 2.05) is 44.2 Å². The summed E-state index contributed by atoms with van der Waals surface area (Å²) >= 11 is 0. The van der Waals surface area contributed by atoms with Gasteiger partial charge in [-0.25, -0.2) is 9.69 Å². The van der Waals surface area contributed by atoms with Gasteiger partial charge in [-0.2, -0.15) is 0 Å². The maximum absolute atomic E-state index is 12.9. The van der Waals surface area contributed by atoms with Gasteiger partial charge in [0.15, 0.2) is 0 Å². The highest BCUT2D eigenvalue weighted by atomic mass is 16.2. The maximum Gasteiger partial charge on any atom is 0.335 e. The van der Waals surface area contributed by atoms with Crippen LogP contribution in [-0.2, 0) is 9.59 Å². The molecule has 5 heteroatoms. The summed E-state index contributed by atoms with van der Waals surface area (Å²) < 4.78 is 0. The van der Waals surface area contributed by atoms with Crippen LogP contribution in [0.2, 0.25) is 0 Å². The molecule has 0 unspecified atom stereocenters. The Bertz CT molecular complexity index is 956. The van der Waals surface area contributed by atoms with Crippen LogP contribution in [-0.4, -0.2) is 17.8 Å². The van der Waals surface area contributed by atoms with Gasteiger partial charge in [-0.3, -0.25) is 14.9 Å². The van der Waals surface area contributed by atoms with Gasteiger partial charge < -0.3 is 0 Å². The lowest BCUT2D eigenvalue weighted by Crippen LogP contribution is -2.54. The van der Waals surface area contributed by atoms with E-state index in [-0.39, 0.29) is 5.57 Å². The molecule has 0 aromatic heterocycles. The number of carbonyl (C=O) groups is 3. The molecule has 0 spiro atoms. The molecule has 27 heavy (non-hydrogen) atoms. The van der Waals surface area contributed by atoms with E-state index in [1.165, 1.54) is 11.6 Å². The number of imide groups is 2. The summed E-state index contributed by atoms with van der Waals surface area (Å²) in [5.74, 6) is -0.915. The molecule has 2 aromatic carbocycles. The van der Waals surface area contributed by atoms with Crippen molar-refractivity contribution < 1.29 is 14.4 Å². The van der Waals surface area contributed by atoms with Crippen LogP contribution in [0.25, 0.3) is 6.08 Å². The van der Waals surface area contributed by atoms with Crippen LogP contribution in [0.5, 0.6) is 0 Å². The molecule has 3 rings (SSSR count). The SMILES string of the molecule is Cc1ccc(N2C(=O)NC(=O)/C(=C\c3ccc(C(C)C)cc3)C2=O)cc1C. The molecule has 0 saturated carbocycles. The van der Waals surface area contributed by atoms with Crippen LogP contribution in [0.15, 0.2) is 48.0 Å². The summed E-state index contributed by atoms with van der Waals surface area (Å²) in [7, 11) is 0. The number of urea groups is 1. The average molecular weight is 362 g/mol. The quantitative estimate of drug-likeness (QED) is 0.660. The Labute approximate surface area is 158 Å². The smallest absolute Gasteiger partial charge is 0.273 e. The fourth-order valence-corrected chi connectivity index (χ4v) is 2.90. The second kappa shape index (κ2) is 7.19. The lowest BCUT2D eigenvalue weighted by molar-refractivity contribution is -0.122. The van der Waals surface area contributed by atoms with Crippen LogP contribution in [0, 0.1) is 13.8 Å². The van der Waals surface area contributed by atoms with E-state index in [0.717, 1.165) is 21.6 Å². The Hall–Kier alpha value is -3.21. The van der Waals surface area contributed by atoms with E-state index in [0.29, 0.717) is 11.6 Å². The summed E-state index contributed by atoms with van der Waals surface area (Å²) in [5, 5.41) is 2.25. The summed E-state index contributed by atoms with van der Waals surface area (Å²) in [6.45, 7) is 8.05. The minimum Gasteiger partial charge on any atom is -0.273 e. The number of barbiturate groups is 1. The van der Waals surface area contributed by atoms with Crippen LogP contribution >= 0.6 is 0 Å². The van der Waals surface area contributed by atoms with Crippen LogP contribution in [0.1, 0.15) is 42.0 Å². The van der Waals surface area contributed by atoms with E-state index in [4.69, 9.17) is 0 Å². The largest absolute Gasteiger partial charge is 0.335 e. The van der Waals surface area contributed by atoms with Gasteiger partial charge in [-0.05, 0) is 60.2 Å². The van der Waals surface area contributed by atoms with Crippen molar-refractivity contribution in [2.75, 3.05) is 4.90 Å². The first-order chi connectivity index (χ1) is 12.8. The van der Waals surface area contributed by atoms with E-state index >= 15 is 0 Å². The fourth-order valence-electron chi connectivity index (χ4n) is 2.90. The maximum atomic E-state index is 12.9. The molecule has 1 N–H and O–H groups in total. The summed E-state index contributed by atoms with van der Waals surface area (Å²) in [6.07, 6.45) is 1.52. The molecule has 1 aliphatic rings. The molecule has 1 heterocycles. The molecule has 0 aliphatic carbocycles. The van der Waals surface area contributed by atoms with E-state index in [2.05, 4.69) is 19.2 Å². The van der Waals surface area contributed by atoms with Crippen molar-refractivity contribution in [2.24, 2.45) is 0 Å². The Morgan fingerprint density at radius 3 is 2.19 bits per heavy atom. The number of carbonyl (C=O) groups excluding carboxylic acids is 3. The molecule has 5 nitrogen and oxygen atoms in total. The third-order valence-electron chi connectivity index (χ3n) is 4.76. The lowest BCUT2D eigenvalue weighted by Gasteiger charge is -2.26. The van der Waals surface area contributed by atoms with Crippen molar-refractivity contribution in [3.05, 3.63) is 70.3 Å². The Morgan fingerprint density at radius 1 is 0.926 bits per heavy atom. The third kappa shape index (κ3) is 3.67. The molecule has 2 aromatic rings. The molecular weight excluding hydrogens is 340 g/mol. The highest BCUT2D eigenvalue weighted by molar-refractivity contribution is 6.39. The molecule has 0 bridgehead atoms. The monoisotopic (exact) mass is 362 g/mol. The number of amides is 4. The Morgan fingerprint density at radius 2 is 1.59 bits per heavy atom. The number of hydrogen-bond acceptors (Lipinski definition) is 3. The number of anilines is 1. The Balaban J connectivity index is 1.97. The third-order valence-corrected chi connectivity index (χ3v) is 4.76. The minimum absolute atomic E-state index is 0.0647. The van der Waals surface area contributed by atoms with Crippen LogP contribution < -0.4 is 10.2 Å². The number of aryl methyl sites for hydroxylation is 2. The zero-order chi connectivity index (χ0) is 19.7. The number of nitrogens with zero attached hydrogens (tertiary/aromatic N) is 1. The fraction of sp³-hybridized carbons (Fsp3) is 0.227. The first-order valence-corrected chi connectivity index (χ1v) is 8.86. The molecule has 1 fully saturated rings. The summed E-state index contributed by atoms with van der Waals surface area (Å²) in [5.41, 5.74) is 4.29. The van der Waals surface area contributed by atoms with Gasteiger partial charge in [-0.1, -0.05) is 44.2 Å². The molecule has 4 amide bonds. The van der Waals surface area contributed by atoms with E-state index < -0.39 is 17.8 Å². The van der Waals surface area contributed by atoms with Gasteiger partial charge >= 0.3 is 6.03 Å². The van der Waals surface area contributed by atoms with Crippen molar-refractivity contribution in [1.82, 2.24) is 5.32 Å². The zero-order valence-corrected chi connectivity index (χ0v) is 15.9. The highest BCUT2D eigenvalue weighted by Gasteiger charge is 2.36. The number of hydrogen-bond donors (Lipinski definition) is 1. The lowest BCUT2D eigenvalue weighted by atomic mass is 10.00. The van der Waals surface area contributed by atoms with Gasteiger partial charge in [0.1, 0.15) is 5.57 Å². The standard InChI is InChI=1S/C22H22N2O3/c1-13(2)17-8-6-16(7-9-17)12-19-20(25)23-22(27)24(21(19)26)18-10-5-14(3)15(4)11-18/h5-13H,1-4H3,(H,23,25,27)/b19-12+. The number of nitrogens with one attached hydrogen (secondary N) is 1. The number of rotatable bonds is 3. The Kier molecular flexibility index (Phi) is 4.95. The second-order valence-corrected chi connectivity index (χ2v) is 7.05. The van der Waals surface area contributed by atoms with Gasteiger partial charge in [0.25, 0.3) is 11.8 Å². The van der Waals surface area contributed by atoms with Gasteiger partial charge in [0.05, 0.1) is 5.69 Å². The van der Waals surface area contributed by atoms with Crippen LogP contribution in [0.3, 0.4) is 0 Å². The topological polar surface area (TPSA) is 66.5 Å². The minimum atomic E-state index is -0.736. The van der Waals surface area contributed by atoms with Crippen molar-refractivity contribution in [3.63, 3.8) is 0 Å². The molecule has 1 aliphatic heterocycles. The average Bonchev–Trinajstić information content (AvgIpc) is 2.62. The van der Waals surface area contributed by atoms with Crippen molar-refractivity contribution in [3.8, 4) is 0 Å². The molecule has 0 radical (unpaired) electrons. The van der Waals surface area contributed by atoms with Crippen molar-refractivity contribution >= 4 is 29.6 Å². The first kappa shape index (κ1) is 18.6. The predicted molar refractivity (Wildman–Crippen MR) is 105 cm³/mol. The van der Waals surface area contributed by atoms with Crippen molar-refractivity contribution in [1.29, 1.82) is 0 Å². The van der Waals surface area contributed by atoms with E-state index in [9.17, 15) is 14.4 Å². The van der Waals surface area contributed by atoms with E-state index in [1.54, 1.807) is 12.1 Å². The van der Waals surface area contributed by atoms with Gasteiger partial charge in [0, 0.05) is 0 Å². The molecule has 138 valence electrons. The predicted octanol–water partition coefficient (Wildman–Crippen LogP) is 4.09. The highest BCUT2D eigenvalue weighted by Crippen LogP contribution is 2.24. The zero-order valence-electron chi connectivity index (χ0n) is 15.9. The summed E-state index contributed by atoms with van der Waals surface area (Å²) in [6, 6.07) is 12.2. The van der Waals surface area contributed by atoms with Crippen LogP contribution in [0.4, 0.5) is 10.5 Å². The van der Waals surface area contributed by atoms with Crippen molar-refractivity contribution in [2.45, 2.75) is 33.6 Å².